The topological polar surface area (TPSA) is 84.4 Å². The number of hydrogen-bond donors (Lipinski definition) is 3. The summed E-state index contributed by atoms with van der Waals surface area (Å²) in [6, 6.07) is 5.56. The predicted octanol–water partition coefficient (Wildman–Crippen LogP) is 1.31. The van der Waals surface area contributed by atoms with Gasteiger partial charge in [-0.2, -0.15) is 0 Å². The van der Waals surface area contributed by atoms with Crippen LogP contribution in [0.1, 0.15) is 30.6 Å². The van der Waals surface area contributed by atoms with Gasteiger partial charge in [-0.1, -0.05) is 0 Å². The largest absolute Gasteiger partial charge is 0.399 e. The number of carbonyl (C=O) groups excluding carboxylic acids is 1. The Morgan fingerprint density at radius 3 is 2.80 bits per heavy atom. The van der Waals surface area contributed by atoms with E-state index < -0.39 is 0 Å². The van der Waals surface area contributed by atoms with E-state index >= 15 is 0 Å². The van der Waals surface area contributed by atoms with E-state index in [1.807, 2.05) is 0 Å². The molecule has 0 radical (unpaired) electrons. The summed E-state index contributed by atoms with van der Waals surface area (Å²) in [4.78, 5) is 14.5. The first kappa shape index (κ1) is 14.7. The number of nitrogens with one attached hydrogen (secondary N) is 1. The quantitative estimate of drug-likeness (QED) is 0.724. The van der Waals surface area contributed by atoms with E-state index in [2.05, 4.69) is 24.1 Å². The molecule has 1 aromatic carbocycles. The SMILES string of the molecule is CC(C)N1CCC(CNC(=O)c2ccc(N)cc2N)C1. The maximum atomic E-state index is 12.1. The Hall–Kier alpha value is -1.75. The first-order valence-corrected chi connectivity index (χ1v) is 7.14. The van der Waals surface area contributed by atoms with Crippen LogP contribution in [-0.2, 0) is 0 Å². The van der Waals surface area contributed by atoms with Gasteiger partial charge in [-0.15, -0.1) is 0 Å². The highest BCUT2D eigenvalue weighted by molar-refractivity contribution is 5.99. The van der Waals surface area contributed by atoms with E-state index in [1.165, 1.54) is 0 Å². The number of anilines is 2. The van der Waals surface area contributed by atoms with Crippen molar-refractivity contribution in [1.82, 2.24) is 10.2 Å². The third-order valence-corrected chi connectivity index (χ3v) is 3.92. The lowest BCUT2D eigenvalue weighted by Crippen LogP contribution is -2.33. The second-order valence-corrected chi connectivity index (χ2v) is 5.80. The van der Waals surface area contributed by atoms with Crippen LogP contribution in [0.3, 0.4) is 0 Å². The van der Waals surface area contributed by atoms with E-state index in [0.717, 1.165) is 19.5 Å². The van der Waals surface area contributed by atoms with E-state index in [-0.39, 0.29) is 5.91 Å². The molecule has 0 saturated carbocycles. The van der Waals surface area contributed by atoms with Crippen molar-refractivity contribution in [2.24, 2.45) is 5.92 Å². The molecule has 1 amide bonds. The third-order valence-electron chi connectivity index (χ3n) is 3.92. The standard InChI is InChI=1S/C15H24N4O/c1-10(2)19-6-5-11(9-19)8-18-15(20)13-4-3-12(16)7-14(13)17/h3-4,7,10-11H,5-6,8-9,16-17H2,1-2H3,(H,18,20). The fourth-order valence-corrected chi connectivity index (χ4v) is 2.62. The van der Waals surface area contributed by atoms with Crippen molar-refractivity contribution in [2.45, 2.75) is 26.3 Å². The van der Waals surface area contributed by atoms with Crippen LogP contribution in [0.15, 0.2) is 18.2 Å². The number of amides is 1. The van der Waals surface area contributed by atoms with Gasteiger partial charge in [0, 0.05) is 30.5 Å². The van der Waals surface area contributed by atoms with Gasteiger partial charge in [-0.25, -0.2) is 0 Å². The number of nitrogens with two attached hydrogens (primary N) is 2. The molecule has 1 saturated heterocycles. The molecule has 110 valence electrons. The Labute approximate surface area is 120 Å². The number of rotatable bonds is 4. The zero-order chi connectivity index (χ0) is 14.7. The molecular formula is C15H24N4O. The molecule has 1 aliphatic rings. The van der Waals surface area contributed by atoms with Crippen molar-refractivity contribution >= 4 is 17.3 Å². The minimum Gasteiger partial charge on any atom is -0.399 e. The number of likely N-dealkylation sites (tertiary alicyclic amines) is 1. The normalized spacial score (nSPS) is 19.4. The highest BCUT2D eigenvalue weighted by Gasteiger charge is 2.24. The van der Waals surface area contributed by atoms with E-state index in [9.17, 15) is 4.79 Å². The van der Waals surface area contributed by atoms with Crippen LogP contribution in [0, 0.1) is 5.92 Å². The van der Waals surface area contributed by atoms with Crippen LogP contribution < -0.4 is 16.8 Å². The Morgan fingerprint density at radius 2 is 2.20 bits per heavy atom. The molecule has 1 atom stereocenters. The van der Waals surface area contributed by atoms with Crippen molar-refractivity contribution in [3.05, 3.63) is 23.8 Å². The summed E-state index contributed by atoms with van der Waals surface area (Å²) >= 11 is 0. The fourth-order valence-electron chi connectivity index (χ4n) is 2.62. The summed E-state index contributed by atoms with van der Waals surface area (Å²) < 4.78 is 0. The highest BCUT2D eigenvalue weighted by Crippen LogP contribution is 2.19. The Balaban J connectivity index is 1.87. The lowest BCUT2D eigenvalue weighted by Gasteiger charge is -2.20. The van der Waals surface area contributed by atoms with Gasteiger partial charge < -0.3 is 21.7 Å². The predicted molar refractivity (Wildman–Crippen MR) is 82.4 cm³/mol. The van der Waals surface area contributed by atoms with Crippen LogP contribution in [0.25, 0.3) is 0 Å². The van der Waals surface area contributed by atoms with Crippen LogP contribution in [0.2, 0.25) is 0 Å². The minimum atomic E-state index is -0.120. The van der Waals surface area contributed by atoms with E-state index in [1.54, 1.807) is 18.2 Å². The van der Waals surface area contributed by atoms with Crippen LogP contribution in [0.4, 0.5) is 11.4 Å². The molecular weight excluding hydrogens is 252 g/mol. The lowest BCUT2D eigenvalue weighted by atomic mass is 10.1. The van der Waals surface area contributed by atoms with Crippen LogP contribution >= 0.6 is 0 Å². The molecule has 1 unspecified atom stereocenters. The first-order valence-electron chi connectivity index (χ1n) is 7.14. The zero-order valence-electron chi connectivity index (χ0n) is 12.2. The molecule has 2 rings (SSSR count). The molecule has 1 aromatic rings. The summed E-state index contributed by atoms with van der Waals surface area (Å²) in [5.41, 5.74) is 12.9. The second-order valence-electron chi connectivity index (χ2n) is 5.80. The lowest BCUT2D eigenvalue weighted by molar-refractivity contribution is 0.0948. The zero-order valence-corrected chi connectivity index (χ0v) is 12.2. The monoisotopic (exact) mass is 276 g/mol. The van der Waals surface area contributed by atoms with Gasteiger partial charge in [0.25, 0.3) is 5.91 Å². The molecule has 5 heteroatoms. The van der Waals surface area contributed by atoms with Crippen LogP contribution in [0.5, 0.6) is 0 Å². The molecule has 5 N–H and O–H groups in total. The third kappa shape index (κ3) is 3.42. The van der Waals surface area contributed by atoms with E-state index in [4.69, 9.17) is 11.5 Å². The Morgan fingerprint density at radius 1 is 1.45 bits per heavy atom. The maximum Gasteiger partial charge on any atom is 0.253 e. The fraction of sp³-hybridized carbons (Fsp3) is 0.533. The summed E-state index contributed by atoms with van der Waals surface area (Å²) in [5.74, 6) is 0.404. The summed E-state index contributed by atoms with van der Waals surface area (Å²) in [6.07, 6.45) is 1.13. The molecule has 20 heavy (non-hydrogen) atoms. The van der Waals surface area contributed by atoms with Gasteiger partial charge in [0.15, 0.2) is 0 Å². The average Bonchev–Trinajstić information content (AvgIpc) is 2.85. The maximum absolute atomic E-state index is 12.1. The summed E-state index contributed by atoms with van der Waals surface area (Å²) in [7, 11) is 0. The van der Waals surface area contributed by atoms with Crippen molar-refractivity contribution in [3.8, 4) is 0 Å². The number of hydrogen-bond acceptors (Lipinski definition) is 4. The van der Waals surface area contributed by atoms with Crippen molar-refractivity contribution in [1.29, 1.82) is 0 Å². The highest BCUT2D eigenvalue weighted by atomic mass is 16.1. The Bertz CT molecular complexity index is 487. The molecule has 1 fully saturated rings. The van der Waals surface area contributed by atoms with Gasteiger partial charge in [0.1, 0.15) is 0 Å². The molecule has 1 heterocycles. The molecule has 0 aliphatic carbocycles. The summed E-state index contributed by atoms with van der Waals surface area (Å²) in [5, 5.41) is 2.97. The van der Waals surface area contributed by atoms with Gasteiger partial charge in [0.05, 0.1) is 5.56 Å². The van der Waals surface area contributed by atoms with Gasteiger partial charge >= 0.3 is 0 Å². The van der Waals surface area contributed by atoms with Gasteiger partial charge in [-0.05, 0) is 50.9 Å². The smallest absolute Gasteiger partial charge is 0.253 e. The number of carbonyl (C=O) groups is 1. The second kappa shape index (κ2) is 6.13. The van der Waals surface area contributed by atoms with Crippen molar-refractivity contribution in [2.75, 3.05) is 31.1 Å². The van der Waals surface area contributed by atoms with E-state index in [0.29, 0.717) is 35.4 Å². The van der Waals surface area contributed by atoms with Crippen molar-refractivity contribution in [3.63, 3.8) is 0 Å². The van der Waals surface area contributed by atoms with Gasteiger partial charge in [0.2, 0.25) is 0 Å². The van der Waals surface area contributed by atoms with Crippen molar-refractivity contribution < 1.29 is 4.79 Å². The Kier molecular flexibility index (Phi) is 4.49. The minimum absolute atomic E-state index is 0.120. The number of nitrogens with zero attached hydrogens (tertiary/aromatic N) is 1. The number of nitrogen functional groups attached to an aromatic ring is 2. The molecule has 0 spiro atoms. The molecule has 0 bridgehead atoms. The van der Waals surface area contributed by atoms with Gasteiger partial charge in [-0.3, -0.25) is 4.79 Å². The molecule has 0 aromatic heterocycles. The average molecular weight is 276 g/mol. The molecule has 1 aliphatic heterocycles. The number of benzene rings is 1. The molecule has 5 nitrogen and oxygen atoms in total. The van der Waals surface area contributed by atoms with Crippen LogP contribution in [-0.4, -0.2) is 36.5 Å². The summed E-state index contributed by atoms with van der Waals surface area (Å²) in [6.45, 7) is 7.27. The first-order chi connectivity index (χ1) is 9.47.